The van der Waals surface area contributed by atoms with Gasteiger partial charge in [0.25, 0.3) is 0 Å². The minimum Gasteiger partial charge on any atom is -0.379 e. The van der Waals surface area contributed by atoms with Crippen LogP contribution in [-0.4, -0.2) is 47.4 Å². The molecule has 1 aliphatic rings. The van der Waals surface area contributed by atoms with Gasteiger partial charge in [-0.15, -0.1) is 0 Å². The molecule has 0 aliphatic carbocycles. The first kappa shape index (κ1) is 13.0. The molecule has 5 nitrogen and oxygen atoms in total. The molecule has 1 saturated heterocycles. The van der Waals surface area contributed by atoms with Crippen LogP contribution in [0.5, 0.6) is 0 Å². The number of rotatable bonds is 2. The number of hydrogen-bond donors (Lipinski definition) is 2. The van der Waals surface area contributed by atoms with Gasteiger partial charge in [0, 0.05) is 44.1 Å². The summed E-state index contributed by atoms with van der Waals surface area (Å²) in [6.45, 7) is 2.99. The molecule has 0 saturated carbocycles. The average molecular weight is 262 g/mol. The molecule has 1 aromatic rings. The maximum Gasteiger partial charge on any atom is 0.418 e. The summed E-state index contributed by atoms with van der Waals surface area (Å²) in [7, 11) is 0. The van der Waals surface area contributed by atoms with E-state index in [0.29, 0.717) is 19.0 Å². The van der Waals surface area contributed by atoms with Crippen LogP contribution in [-0.2, 0) is 0 Å². The van der Waals surface area contributed by atoms with E-state index in [0.717, 1.165) is 25.5 Å². The van der Waals surface area contributed by atoms with E-state index in [1.807, 2.05) is 4.90 Å². The Hall–Kier alpha value is -1.41. The zero-order valence-corrected chi connectivity index (χ0v) is 9.48. The molecule has 2 N–H and O–H groups in total. The first-order valence-corrected chi connectivity index (χ1v) is 5.51. The normalized spacial score (nSPS) is 18.8. The van der Waals surface area contributed by atoms with E-state index in [2.05, 4.69) is 15.3 Å². The van der Waals surface area contributed by atoms with Crippen molar-refractivity contribution < 1.29 is 18.3 Å². The molecule has 0 aromatic carbocycles. The Bertz CT molecular complexity index is 389. The molecule has 1 fully saturated rings. The lowest BCUT2D eigenvalue weighted by Crippen LogP contribution is -2.44. The van der Waals surface area contributed by atoms with Crippen molar-refractivity contribution in [3.8, 4) is 0 Å². The summed E-state index contributed by atoms with van der Waals surface area (Å²) < 4.78 is 36.8. The number of aliphatic hydroxyl groups is 1. The molecule has 0 bridgehead atoms. The lowest BCUT2D eigenvalue weighted by Gasteiger charge is -2.27. The van der Waals surface area contributed by atoms with E-state index >= 15 is 0 Å². The minimum atomic E-state index is -4.69. The number of halogens is 3. The molecule has 0 amide bonds. The first-order valence-electron chi connectivity index (χ1n) is 5.51. The second-order valence-electron chi connectivity index (χ2n) is 4.00. The second kappa shape index (κ2) is 5.07. The number of anilines is 1. The monoisotopic (exact) mass is 262 g/mol. The highest BCUT2D eigenvalue weighted by atomic mass is 19.4. The number of aromatic nitrogens is 2. The number of nitrogens with one attached hydrogen (secondary N) is 1. The van der Waals surface area contributed by atoms with Crippen LogP contribution >= 0.6 is 0 Å². The Morgan fingerprint density at radius 2 is 1.78 bits per heavy atom. The highest BCUT2D eigenvalue weighted by molar-refractivity contribution is 5.31. The molecule has 1 aliphatic heterocycles. The summed E-state index contributed by atoms with van der Waals surface area (Å²) in [5.74, 6) is 0.384. The average Bonchev–Trinajstić information content (AvgIpc) is 2.38. The van der Waals surface area contributed by atoms with Crippen LogP contribution in [0.4, 0.5) is 19.1 Å². The summed E-state index contributed by atoms with van der Waals surface area (Å²) >= 11 is 0. The molecule has 100 valence electrons. The Labute approximate surface area is 102 Å². The molecule has 0 radical (unpaired) electrons. The molecular formula is C10H13F3N4O. The number of aliphatic hydroxyl groups excluding tert-OH is 1. The van der Waals surface area contributed by atoms with Gasteiger partial charge in [0.1, 0.15) is 0 Å². The fourth-order valence-corrected chi connectivity index (χ4v) is 1.69. The van der Waals surface area contributed by atoms with Crippen LogP contribution in [0.3, 0.4) is 0 Å². The molecule has 1 atom stereocenters. The quantitative estimate of drug-likeness (QED) is 0.812. The topological polar surface area (TPSA) is 61.3 Å². The second-order valence-corrected chi connectivity index (χ2v) is 4.00. The fourth-order valence-electron chi connectivity index (χ4n) is 1.69. The van der Waals surface area contributed by atoms with E-state index in [9.17, 15) is 13.2 Å². The number of alkyl halides is 3. The molecule has 8 heteroatoms. The van der Waals surface area contributed by atoms with Crippen molar-refractivity contribution in [2.45, 2.75) is 12.3 Å². The SMILES string of the molecule is OC(c1cnc(N2CCNCC2)nc1)C(F)(F)F. The van der Waals surface area contributed by atoms with Gasteiger partial charge in [-0.1, -0.05) is 0 Å². The zero-order chi connectivity index (χ0) is 13.2. The largest absolute Gasteiger partial charge is 0.418 e. The van der Waals surface area contributed by atoms with Crippen LogP contribution in [0, 0.1) is 0 Å². The van der Waals surface area contributed by atoms with Crippen LogP contribution in [0.2, 0.25) is 0 Å². The van der Waals surface area contributed by atoms with Crippen molar-refractivity contribution in [2.75, 3.05) is 31.1 Å². The molecular weight excluding hydrogens is 249 g/mol. The Kier molecular flexibility index (Phi) is 3.67. The van der Waals surface area contributed by atoms with Gasteiger partial charge in [-0.2, -0.15) is 13.2 Å². The Morgan fingerprint density at radius 1 is 1.22 bits per heavy atom. The minimum absolute atomic E-state index is 0.346. The van der Waals surface area contributed by atoms with Crippen molar-refractivity contribution in [2.24, 2.45) is 0 Å². The van der Waals surface area contributed by atoms with Gasteiger partial charge < -0.3 is 15.3 Å². The van der Waals surface area contributed by atoms with Crippen molar-refractivity contribution in [3.63, 3.8) is 0 Å². The van der Waals surface area contributed by atoms with E-state index in [4.69, 9.17) is 5.11 Å². The number of hydrogen-bond acceptors (Lipinski definition) is 5. The van der Waals surface area contributed by atoms with Gasteiger partial charge in [-0.3, -0.25) is 0 Å². The zero-order valence-electron chi connectivity index (χ0n) is 9.48. The van der Waals surface area contributed by atoms with Crippen LogP contribution in [0.25, 0.3) is 0 Å². The van der Waals surface area contributed by atoms with Crippen molar-refractivity contribution >= 4 is 5.95 Å². The highest BCUT2D eigenvalue weighted by Crippen LogP contribution is 2.31. The summed E-state index contributed by atoms with van der Waals surface area (Å²) in [6.07, 6.45) is -5.19. The van der Waals surface area contributed by atoms with E-state index in [-0.39, 0.29) is 5.56 Å². The standard InChI is InChI=1S/C10H13F3N4O/c11-10(12,13)8(18)7-5-15-9(16-6-7)17-3-1-14-2-4-17/h5-6,8,14,18H,1-4H2. The maximum absolute atomic E-state index is 12.3. The van der Waals surface area contributed by atoms with E-state index in [1.165, 1.54) is 0 Å². The number of piperazine rings is 1. The smallest absolute Gasteiger partial charge is 0.379 e. The number of nitrogens with zero attached hydrogens (tertiary/aromatic N) is 3. The van der Waals surface area contributed by atoms with E-state index in [1.54, 1.807) is 0 Å². The van der Waals surface area contributed by atoms with Crippen molar-refractivity contribution in [1.82, 2.24) is 15.3 Å². The Balaban J connectivity index is 2.09. The predicted molar refractivity (Wildman–Crippen MR) is 58.1 cm³/mol. The molecule has 2 rings (SSSR count). The summed E-state index contributed by atoms with van der Waals surface area (Å²) in [5.41, 5.74) is -0.346. The summed E-state index contributed by atoms with van der Waals surface area (Å²) in [5, 5.41) is 12.2. The maximum atomic E-state index is 12.3. The van der Waals surface area contributed by atoms with Gasteiger partial charge in [0.15, 0.2) is 6.10 Å². The van der Waals surface area contributed by atoms with E-state index < -0.39 is 12.3 Å². The van der Waals surface area contributed by atoms with Crippen LogP contribution in [0.15, 0.2) is 12.4 Å². The van der Waals surface area contributed by atoms with Crippen LogP contribution < -0.4 is 10.2 Å². The molecule has 2 heterocycles. The Morgan fingerprint density at radius 3 is 2.28 bits per heavy atom. The first-order chi connectivity index (χ1) is 8.48. The predicted octanol–water partition coefficient (Wildman–Crippen LogP) is 0.482. The van der Waals surface area contributed by atoms with Gasteiger partial charge in [0.2, 0.25) is 5.95 Å². The lowest BCUT2D eigenvalue weighted by molar-refractivity contribution is -0.206. The molecule has 0 spiro atoms. The third-order valence-electron chi connectivity index (χ3n) is 2.68. The summed E-state index contributed by atoms with van der Waals surface area (Å²) in [4.78, 5) is 9.60. The van der Waals surface area contributed by atoms with Gasteiger partial charge >= 0.3 is 6.18 Å². The van der Waals surface area contributed by atoms with Gasteiger partial charge in [-0.25, -0.2) is 9.97 Å². The fraction of sp³-hybridized carbons (Fsp3) is 0.600. The van der Waals surface area contributed by atoms with Gasteiger partial charge in [-0.05, 0) is 0 Å². The van der Waals surface area contributed by atoms with Crippen molar-refractivity contribution in [1.29, 1.82) is 0 Å². The van der Waals surface area contributed by atoms with Crippen molar-refractivity contribution in [3.05, 3.63) is 18.0 Å². The van der Waals surface area contributed by atoms with Crippen LogP contribution in [0.1, 0.15) is 11.7 Å². The molecule has 1 unspecified atom stereocenters. The summed E-state index contributed by atoms with van der Waals surface area (Å²) in [6, 6.07) is 0. The highest BCUT2D eigenvalue weighted by Gasteiger charge is 2.39. The molecule has 1 aromatic heterocycles. The molecule has 18 heavy (non-hydrogen) atoms. The van der Waals surface area contributed by atoms with Gasteiger partial charge in [0.05, 0.1) is 0 Å². The third-order valence-corrected chi connectivity index (χ3v) is 2.68. The lowest BCUT2D eigenvalue weighted by atomic mass is 10.2. The third kappa shape index (κ3) is 2.88.